The zero-order valence-corrected chi connectivity index (χ0v) is 12.6. The molecule has 0 aromatic carbocycles. The average Bonchev–Trinajstić information content (AvgIpc) is 2.74. The number of hydrogen-bond donors (Lipinski definition) is 1. The molecule has 20 heavy (non-hydrogen) atoms. The summed E-state index contributed by atoms with van der Waals surface area (Å²) in [4.78, 5) is 15.0. The number of carbonyl (C=O) groups excluding carboxylic acids is 1. The normalized spacial score (nSPS) is 23.4. The Balaban J connectivity index is 1.80. The Morgan fingerprint density at radius 2 is 2.05 bits per heavy atom. The molecular formula is C14H22F2N2OS. The van der Waals surface area contributed by atoms with Crippen molar-refractivity contribution in [2.45, 2.75) is 45.0 Å². The molecule has 1 aliphatic carbocycles. The summed E-state index contributed by atoms with van der Waals surface area (Å²) >= 11 is 1.68. The molecule has 1 fully saturated rings. The fourth-order valence-corrected chi connectivity index (χ4v) is 3.64. The van der Waals surface area contributed by atoms with Gasteiger partial charge in [0.05, 0.1) is 13.1 Å². The lowest BCUT2D eigenvalue weighted by molar-refractivity contribution is -0.132. The monoisotopic (exact) mass is 304 g/mol. The Hall–Kier alpha value is -0.780. The van der Waals surface area contributed by atoms with Gasteiger partial charge in [-0.3, -0.25) is 4.79 Å². The van der Waals surface area contributed by atoms with Crippen molar-refractivity contribution in [1.29, 1.82) is 0 Å². The first-order valence-corrected chi connectivity index (χ1v) is 8.15. The van der Waals surface area contributed by atoms with Crippen LogP contribution in [0.4, 0.5) is 8.78 Å². The number of halogens is 2. The molecule has 1 heterocycles. The van der Waals surface area contributed by atoms with E-state index < -0.39 is 5.92 Å². The Kier molecular flexibility index (Phi) is 4.94. The van der Waals surface area contributed by atoms with Gasteiger partial charge in [0.15, 0.2) is 0 Å². The molecule has 0 atom stereocenters. The lowest BCUT2D eigenvalue weighted by Gasteiger charge is -2.29. The topological polar surface area (TPSA) is 46.3 Å². The third-order valence-electron chi connectivity index (χ3n) is 4.03. The summed E-state index contributed by atoms with van der Waals surface area (Å²) in [7, 11) is 0. The molecule has 0 spiro atoms. The molecule has 2 aliphatic rings. The quantitative estimate of drug-likeness (QED) is 0.868. The van der Waals surface area contributed by atoms with Crippen LogP contribution in [0.25, 0.3) is 0 Å². The highest BCUT2D eigenvalue weighted by molar-refractivity contribution is 8.03. The zero-order valence-electron chi connectivity index (χ0n) is 11.8. The molecule has 0 aromatic rings. The van der Waals surface area contributed by atoms with E-state index in [-0.39, 0.29) is 24.7 Å². The minimum absolute atomic E-state index is 0.0508. The smallest absolute Gasteiger partial charge is 0.248 e. The Morgan fingerprint density at radius 1 is 1.40 bits per heavy atom. The van der Waals surface area contributed by atoms with Crippen molar-refractivity contribution < 1.29 is 13.6 Å². The second-order valence-electron chi connectivity index (χ2n) is 5.63. The number of amides is 1. The van der Waals surface area contributed by atoms with Gasteiger partial charge in [-0.05, 0) is 24.5 Å². The van der Waals surface area contributed by atoms with Crippen molar-refractivity contribution in [2.24, 2.45) is 11.7 Å². The van der Waals surface area contributed by atoms with E-state index in [4.69, 9.17) is 5.73 Å². The summed E-state index contributed by atoms with van der Waals surface area (Å²) in [6.45, 7) is 3.13. The summed E-state index contributed by atoms with van der Waals surface area (Å²) < 4.78 is 26.2. The molecule has 114 valence electrons. The van der Waals surface area contributed by atoms with Crippen LogP contribution < -0.4 is 5.73 Å². The van der Waals surface area contributed by atoms with Crippen LogP contribution in [-0.2, 0) is 4.79 Å². The molecule has 6 heteroatoms. The number of hydrogen-bond acceptors (Lipinski definition) is 3. The maximum absolute atomic E-state index is 13.1. The number of rotatable bonds is 4. The highest BCUT2D eigenvalue weighted by Gasteiger charge is 2.36. The van der Waals surface area contributed by atoms with E-state index in [0.717, 1.165) is 16.4 Å². The van der Waals surface area contributed by atoms with Gasteiger partial charge in [0, 0.05) is 29.9 Å². The van der Waals surface area contributed by atoms with Crippen LogP contribution in [0, 0.1) is 5.92 Å². The van der Waals surface area contributed by atoms with Crippen LogP contribution in [-0.4, -0.2) is 35.6 Å². The van der Waals surface area contributed by atoms with Crippen LogP contribution in [0.1, 0.15) is 39.0 Å². The largest absolute Gasteiger partial charge is 0.400 e. The van der Waals surface area contributed by atoms with E-state index >= 15 is 0 Å². The second kappa shape index (κ2) is 6.33. The van der Waals surface area contributed by atoms with Crippen LogP contribution in [0.15, 0.2) is 10.6 Å². The number of thioether (sulfide) groups is 1. The molecule has 0 bridgehead atoms. The first kappa shape index (κ1) is 15.6. The first-order chi connectivity index (χ1) is 9.41. The van der Waals surface area contributed by atoms with Crippen molar-refractivity contribution >= 4 is 17.7 Å². The minimum Gasteiger partial charge on any atom is -0.400 e. The first-order valence-electron chi connectivity index (χ1n) is 7.17. The van der Waals surface area contributed by atoms with Crippen LogP contribution in [0.2, 0.25) is 0 Å². The van der Waals surface area contributed by atoms with Gasteiger partial charge in [-0.2, -0.15) is 0 Å². The molecule has 3 nitrogen and oxygen atoms in total. The molecule has 0 aromatic heterocycles. The number of alkyl halides is 2. The van der Waals surface area contributed by atoms with Crippen molar-refractivity contribution in [3.05, 3.63) is 10.6 Å². The summed E-state index contributed by atoms with van der Waals surface area (Å²) in [5.74, 6) is -1.43. The van der Waals surface area contributed by atoms with E-state index in [0.29, 0.717) is 32.4 Å². The maximum atomic E-state index is 13.1. The molecule has 0 unspecified atom stereocenters. The van der Waals surface area contributed by atoms with Gasteiger partial charge in [0.25, 0.3) is 0 Å². The third kappa shape index (κ3) is 3.87. The SMILES string of the molecule is CCSC1=C(N)CN(C(=O)CC2CCC(F)(F)CC2)C1. The molecule has 2 rings (SSSR count). The Morgan fingerprint density at radius 3 is 2.65 bits per heavy atom. The second-order valence-corrected chi connectivity index (χ2v) is 6.99. The van der Waals surface area contributed by atoms with Crippen LogP contribution in [0.5, 0.6) is 0 Å². The number of carbonyl (C=O) groups is 1. The van der Waals surface area contributed by atoms with Crippen molar-refractivity contribution in [3.63, 3.8) is 0 Å². The predicted molar refractivity (Wildman–Crippen MR) is 77.4 cm³/mol. The van der Waals surface area contributed by atoms with Gasteiger partial charge in [0.2, 0.25) is 11.8 Å². The molecule has 0 radical (unpaired) electrons. The van der Waals surface area contributed by atoms with Crippen LogP contribution >= 0.6 is 11.8 Å². The zero-order chi connectivity index (χ0) is 14.8. The molecule has 2 N–H and O–H groups in total. The lowest BCUT2D eigenvalue weighted by Crippen LogP contribution is -2.33. The molecule has 1 aliphatic heterocycles. The van der Waals surface area contributed by atoms with E-state index in [1.165, 1.54) is 0 Å². The third-order valence-corrected chi connectivity index (χ3v) is 5.05. The Labute approximate surface area is 122 Å². The predicted octanol–water partition coefficient (Wildman–Crippen LogP) is 2.97. The summed E-state index contributed by atoms with van der Waals surface area (Å²) in [6, 6.07) is 0. The summed E-state index contributed by atoms with van der Waals surface area (Å²) in [5.41, 5.74) is 6.71. The van der Waals surface area contributed by atoms with Gasteiger partial charge in [-0.1, -0.05) is 6.92 Å². The molecule has 1 saturated carbocycles. The molecule has 1 amide bonds. The fraction of sp³-hybridized carbons (Fsp3) is 0.786. The van der Waals surface area contributed by atoms with Crippen molar-refractivity contribution in [3.8, 4) is 0 Å². The lowest BCUT2D eigenvalue weighted by atomic mass is 9.84. The minimum atomic E-state index is -2.52. The molecule has 0 saturated heterocycles. The summed E-state index contributed by atoms with van der Waals surface area (Å²) in [5, 5.41) is 0. The highest BCUT2D eigenvalue weighted by Crippen LogP contribution is 2.38. The molecular weight excluding hydrogens is 282 g/mol. The van der Waals surface area contributed by atoms with E-state index in [1.807, 2.05) is 0 Å². The Bertz CT molecular complexity index is 402. The van der Waals surface area contributed by atoms with Gasteiger partial charge in [0.1, 0.15) is 0 Å². The summed E-state index contributed by atoms with van der Waals surface area (Å²) in [6.07, 6.45) is 1.12. The van der Waals surface area contributed by atoms with Gasteiger partial charge in [-0.25, -0.2) is 8.78 Å². The van der Waals surface area contributed by atoms with Gasteiger partial charge >= 0.3 is 0 Å². The van der Waals surface area contributed by atoms with Crippen LogP contribution in [0.3, 0.4) is 0 Å². The van der Waals surface area contributed by atoms with Crippen molar-refractivity contribution in [1.82, 2.24) is 4.90 Å². The fourth-order valence-electron chi connectivity index (χ4n) is 2.79. The van der Waals surface area contributed by atoms with Gasteiger partial charge in [-0.15, -0.1) is 11.8 Å². The number of nitrogens with zero attached hydrogens (tertiary/aromatic N) is 1. The van der Waals surface area contributed by atoms with E-state index in [9.17, 15) is 13.6 Å². The van der Waals surface area contributed by atoms with E-state index in [2.05, 4.69) is 6.92 Å². The standard InChI is InChI=1S/C14H22F2N2OS/c1-2-20-12-9-18(8-11(12)17)13(19)7-10-3-5-14(15,16)6-4-10/h10H,2-9,17H2,1H3. The highest BCUT2D eigenvalue weighted by atomic mass is 32.2. The average molecular weight is 304 g/mol. The van der Waals surface area contributed by atoms with Crippen molar-refractivity contribution in [2.75, 3.05) is 18.8 Å². The van der Waals surface area contributed by atoms with E-state index in [1.54, 1.807) is 16.7 Å². The van der Waals surface area contributed by atoms with Gasteiger partial charge < -0.3 is 10.6 Å². The maximum Gasteiger partial charge on any atom is 0.248 e. The number of nitrogens with two attached hydrogens (primary N) is 1.